The average Bonchev–Trinajstić information content (AvgIpc) is 2.79. The summed E-state index contributed by atoms with van der Waals surface area (Å²) in [4.78, 5) is 34.0. The molecule has 0 N–H and O–H groups in total. The summed E-state index contributed by atoms with van der Waals surface area (Å²) in [6.45, 7) is 14.3. The molecule has 32 heavy (non-hydrogen) atoms. The van der Waals surface area contributed by atoms with E-state index in [-0.39, 0.29) is 23.5 Å². The third-order valence-corrected chi connectivity index (χ3v) is 6.39. The van der Waals surface area contributed by atoms with Crippen LogP contribution in [-0.4, -0.2) is 58.9 Å². The van der Waals surface area contributed by atoms with E-state index in [1.807, 2.05) is 51.9 Å². The number of pyridine rings is 1. The summed E-state index contributed by atoms with van der Waals surface area (Å²) < 4.78 is 5.43. The van der Waals surface area contributed by atoms with Crippen LogP contribution in [0.1, 0.15) is 73.3 Å². The molecule has 0 spiro atoms. The van der Waals surface area contributed by atoms with Gasteiger partial charge in [0.1, 0.15) is 0 Å². The maximum Gasteiger partial charge on any atom is 0.336 e. The molecule has 1 aromatic heterocycles. The smallest absolute Gasteiger partial charge is 0.336 e. The first kappa shape index (κ1) is 27.4. The van der Waals surface area contributed by atoms with Crippen LogP contribution in [0.25, 0.3) is 5.57 Å². The number of carbonyl (C=O) groups excluding carboxylic acids is 2. The van der Waals surface area contributed by atoms with Crippen molar-refractivity contribution in [2.45, 2.75) is 79.3 Å². The van der Waals surface area contributed by atoms with Gasteiger partial charge in [-0.2, -0.15) is 0 Å². The lowest BCUT2D eigenvalue weighted by molar-refractivity contribution is -0.139. The number of aromatic nitrogens is 1. The van der Waals surface area contributed by atoms with Gasteiger partial charge in [0.05, 0.1) is 18.2 Å². The second-order valence-corrected chi connectivity index (χ2v) is 8.55. The summed E-state index contributed by atoms with van der Waals surface area (Å²) in [6.07, 6.45) is 7.36. The van der Waals surface area contributed by atoms with Gasteiger partial charge in [-0.3, -0.25) is 9.78 Å². The minimum Gasteiger partial charge on any atom is -0.463 e. The van der Waals surface area contributed by atoms with Gasteiger partial charge in [0, 0.05) is 43.8 Å². The molecule has 0 aliphatic heterocycles. The predicted molar refractivity (Wildman–Crippen MR) is 131 cm³/mol. The van der Waals surface area contributed by atoms with E-state index >= 15 is 0 Å². The van der Waals surface area contributed by atoms with Crippen LogP contribution in [0.2, 0.25) is 0 Å². The zero-order valence-electron chi connectivity index (χ0n) is 21.4. The molecule has 178 valence electrons. The number of rotatable bonds is 11. The van der Waals surface area contributed by atoms with Crippen molar-refractivity contribution in [3.8, 4) is 0 Å². The van der Waals surface area contributed by atoms with Gasteiger partial charge >= 0.3 is 5.97 Å². The minimum absolute atomic E-state index is 0.0441. The van der Waals surface area contributed by atoms with E-state index in [2.05, 4.69) is 25.8 Å². The number of hydrogen-bond acceptors (Lipinski definition) is 5. The number of amides is 1. The molecule has 1 rings (SSSR count). The molecular formula is C26H41N3O3. The summed E-state index contributed by atoms with van der Waals surface area (Å²) in [5, 5.41) is 0. The molecule has 6 heteroatoms. The molecule has 1 atom stereocenters. The lowest BCUT2D eigenvalue weighted by Crippen LogP contribution is -2.44. The Hall–Kier alpha value is -2.63. The maximum atomic E-state index is 13.1. The molecule has 0 saturated carbocycles. The van der Waals surface area contributed by atoms with E-state index in [0.29, 0.717) is 25.0 Å². The van der Waals surface area contributed by atoms with Crippen molar-refractivity contribution in [1.82, 2.24) is 14.8 Å². The first-order valence-corrected chi connectivity index (χ1v) is 11.6. The van der Waals surface area contributed by atoms with Gasteiger partial charge in [-0.1, -0.05) is 26.8 Å². The summed E-state index contributed by atoms with van der Waals surface area (Å²) in [6, 6.07) is 3.54. The van der Waals surface area contributed by atoms with Crippen LogP contribution in [0.15, 0.2) is 41.9 Å². The third kappa shape index (κ3) is 6.68. The van der Waals surface area contributed by atoms with Crippen LogP contribution in [-0.2, 0) is 14.3 Å². The molecule has 0 aromatic carbocycles. The number of ether oxygens (including phenoxy) is 1. The second-order valence-electron chi connectivity index (χ2n) is 8.55. The fourth-order valence-electron chi connectivity index (χ4n) is 3.52. The molecule has 1 unspecified atom stereocenters. The first-order chi connectivity index (χ1) is 15.0. The van der Waals surface area contributed by atoms with E-state index in [4.69, 9.17) is 4.74 Å². The van der Waals surface area contributed by atoms with Gasteiger partial charge in [-0.05, 0) is 64.2 Å². The maximum absolute atomic E-state index is 13.1. The second kappa shape index (κ2) is 12.4. The number of nitrogens with zero attached hydrogens (tertiary/aromatic N) is 3. The predicted octanol–water partition coefficient (Wildman–Crippen LogP) is 5.07. The van der Waals surface area contributed by atoms with Gasteiger partial charge in [0.15, 0.2) is 0 Å². The average molecular weight is 444 g/mol. The lowest BCUT2D eigenvalue weighted by Gasteiger charge is -2.35. The largest absolute Gasteiger partial charge is 0.463 e. The molecule has 0 aliphatic carbocycles. The highest BCUT2D eigenvalue weighted by Crippen LogP contribution is 2.29. The normalized spacial score (nSPS) is 13.8. The first-order valence-electron chi connectivity index (χ1n) is 11.6. The fourth-order valence-corrected chi connectivity index (χ4v) is 3.52. The van der Waals surface area contributed by atoms with Crippen molar-refractivity contribution in [2.75, 3.05) is 20.7 Å². The van der Waals surface area contributed by atoms with Gasteiger partial charge in [-0.15, -0.1) is 0 Å². The fraction of sp³-hybridized carbons (Fsp3) is 0.577. The Balaban J connectivity index is 3.45. The van der Waals surface area contributed by atoms with Crippen LogP contribution in [0.5, 0.6) is 0 Å². The number of esters is 1. The van der Waals surface area contributed by atoms with Crippen molar-refractivity contribution in [2.24, 2.45) is 0 Å². The highest BCUT2D eigenvalue weighted by Gasteiger charge is 2.29. The molecular weight excluding hydrogens is 402 g/mol. The third-order valence-electron chi connectivity index (χ3n) is 6.39. The van der Waals surface area contributed by atoms with E-state index in [1.165, 1.54) is 0 Å². The van der Waals surface area contributed by atoms with Gasteiger partial charge < -0.3 is 14.5 Å². The number of likely N-dealkylation sites (N-methyl/N-ethyl adjacent to an activating group) is 2. The van der Waals surface area contributed by atoms with Crippen LogP contribution in [0.3, 0.4) is 0 Å². The van der Waals surface area contributed by atoms with Crippen molar-refractivity contribution in [3.05, 3.63) is 47.4 Å². The Bertz CT molecular complexity index is 828. The molecule has 1 amide bonds. The zero-order chi connectivity index (χ0) is 24.5. The van der Waals surface area contributed by atoms with Gasteiger partial charge in [0.2, 0.25) is 5.91 Å². The van der Waals surface area contributed by atoms with Crippen molar-refractivity contribution in [1.29, 1.82) is 0 Å². The van der Waals surface area contributed by atoms with Crippen molar-refractivity contribution >= 4 is 17.4 Å². The Kier molecular flexibility index (Phi) is 10.6. The van der Waals surface area contributed by atoms with Crippen LogP contribution >= 0.6 is 0 Å². The zero-order valence-corrected chi connectivity index (χ0v) is 21.4. The molecule has 1 aromatic rings. The minimum atomic E-state index is -0.335. The molecule has 0 radical (unpaired) electrons. The van der Waals surface area contributed by atoms with Crippen LogP contribution < -0.4 is 0 Å². The quantitative estimate of drug-likeness (QED) is 0.353. The van der Waals surface area contributed by atoms with Crippen molar-refractivity contribution < 1.29 is 14.3 Å². The Morgan fingerprint density at radius 1 is 1.16 bits per heavy atom. The van der Waals surface area contributed by atoms with Crippen LogP contribution in [0, 0.1) is 0 Å². The summed E-state index contributed by atoms with van der Waals surface area (Å²) in [5.41, 5.74) is 3.04. The van der Waals surface area contributed by atoms with Crippen LogP contribution in [0.4, 0.5) is 0 Å². The molecule has 0 saturated heterocycles. The van der Waals surface area contributed by atoms with E-state index in [1.54, 1.807) is 30.3 Å². The van der Waals surface area contributed by atoms with Gasteiger partial charge in [0.25, 0.3) is 0 Å². The summed E-state index contributed by atoms with van der Waals surface area (Å²) >= 11 is 0. The van der Waals surface area contributed by atoms with E-state index in [9.17, 15) is 9.59 Å². The molecule has 0 bridgehead atoms. The highest BCUT2D eigenvalue weighted by molar-refractivity contribution is 5.99. The van der Waals surface area contributed by atoms with E-state index < -0.39 is 0 Å². The monoisotopic (exact) mass is 443 g/mol. The van der Waals surface area contributed by atoms with E-state index in [0.717, 1.165) is 23.3 Å². The lowest BCUT2D eigenvalue weighted by atomic mass is 9.93. The number of carbonyl (C=O) groups is 2. The Morgan fingerprint density at radius 3 is 2.28 bits per heavy atom. The molecule has 0 fully saturated rings. The summed E-state index contributed by atoms with van der Waals surface area (Å²) in [7, 11) is 3.76. The standard InChI is InChI=1S/C26H41N3O3/c1-10-21(17-23(30)29(9)26(6,7)12-3)28(8)19(5)24(25(31)32-13-4)22(11-2)20-15-14-16-27-18-20/h14-19H,10-13H2,1-9H3/b21-17+,24-22-. The Morgan fingerprint density at radius 2 is 1.81 bits per heavy atom. The summed E-state index contributed by atoms with van der Waals surface area (Å²) in [5.74, 6) is -0.379. The number of hydrogen-bond donors (Lipinski definition) is 0. The number of allylic oxidation sites excluding steroid dienone is 2. The SMILES string of the molecule is CCOC(=O)/C(=C(/CC)c1cccnc1)C(C)N(C)/C(=C/C(=O)N(C)C(C)(C)CC)CC. The molecule has 0 aliphatic rings. The molecule has 1 heterocycles. The molecule has 6 nitrogen and oxygen atoms in total. The van der Waals surface area contributed by atoms with Gasteiger partial charge in [-0.25, -0.2) is 4.79 Å². The highest BCUT2D eigenvalue weighted by atomic mass is 16.5. The van der Waals surface area contributed by atoms with Crippen molar-refractivity contribution in [3.63, 3.8) is 0 Å². The topological polar surface area (TPSA) is 62.7 Å². The Labute approximate surface area is 194 Å².